The van der Waals surface area contributed by atoms with E-state index >= 15 is 0 Å². The summed E-state index contributed by atoms with van der Waals surface area (Å²) in [6.45, 7) is 1.85. The van der Waals surface area contributed by atoms with E-state index < -0.39 is 28.5 Å². The maximum Gasteiger partial charge on any atom is 0.244 e. The van der Waals surface area contributed by atoms with E-state index in [1.807, 2.05) is 37.3 Å². The molecule has 2 amide bonds. The van der Waals surface area contributed by atoms with E-state index in [0.717, 1.165) is 29.0 Å². The molecule has 0 saturated heterocycles. The first-order chi connectivity index (χ1) is 19.0. The lowest BCUT2D eigenvalue weighted by molar-refractivity contribution is -0.140. The Bertz CT molecular complexity index is 1420. The molecule has 1 N–H and O–H groups in total. The molecule has 0 fully saturated rings. The molecule has 3 aromatic rings. The van der Waals surface area contributed by atoms with Crippen molar-refractivity contribution in [3.63, 3.8) is 0 Å². The average Bonchev–Trinajstić information content (AvgIpc) is 2.91. The van der Waals surface area contributed by atoms with Crippen molar-refractivity contribution in [2.24, 2.45) is 0 Å². The van der Waals surface area contributed by atoms with E-state index in [0.29, 0.717) is 17.1 Å². The molecule has 0 saturated carbocycles. The third-order valence-electron chi connectivity index (χ3n) is 6.26. The Balaban J connectivity index is 2.07. The monoisotopic (exact) mass is 623 g/mol. The molecule has 214 valence electrons. The van der Waals surface area contributed by atoms with E-state index in [2.05, 4.69) is 5.32 Å². The van der Waals surface area contributed by atoms with Crippen LogP contribution in [0.3, 0.4) is 0 Å². The van der Waals surface area contributed by atoms with Crippen LogP contribution in [0, 0.1) is 0 Å². The summed E-state index contributed by atoms with van der Waals surface area (Å²) >= 11 is 18.9. The molecule has 7 nitrogen and oxygen atoms in total. The smallest absolute Gasteiger partial charge is 0.244 e. The molecule has 1 unspecified atom stereocenters. The van der Waals surface area contributed by atoms with Crippen molar-refractivity contribution in [3.8, 4) is 0 Å². The molecule has 0 radical (unpaired) electrons. The van der Waals surface area contributed by atoms with Crippen molar-refractivity contribution in [2.75, 3.05) is 23.7 Å². The number of hydrogen-bond donors (Lipinski definition) is 1. The first kappa shape index (κ1) is 31.7. The largest absolute Gasteiger partial charge is 0.354 e. The third-order valence-corrected chi connectivity index (χ3v) is 8.31. The Morgan fingerprint density at radius 3 is 2.25 bits per heavy atom. The zero-order chi connectivity index (χ0) is 29.3. The number of unbranched alkanes of at least 4 members (excludes halogenated alkanes) is 1. The number of amides is 2. The second-order valence-corrected chi connectivity index (χ2v) is 12.5. The molecule has 40 heavy (non-hydrogen) atoms. The first-order valence-corrected chi connectivity index (χ1v) is 15.8. The van der Waals surface area contributed by atoms with Crippen LogP contribution in [-0.2, 0) is 32.6 Å². The summed E-state index contributed by atoms with van der Waals surface area (Å²) in [4.78, 5) is 29.0. The number of carbonyl (C=O) groups excluding carboxylic acids is 2. The quantitative estimate of drug-likeness (QED) is 0.238. The lowest BCUT2D eigenvalue weighted by Crippen LogP contribution is -2.53. The van der Waals surface area contributed by atoms with E-state index in [4.69, 9.17) is 34.8 Å². The lowest BCUT2D eigenvalue weighted by atomic mass is 10.0. The van der Waals surface area contributed by atoms with Crippen molar-refractivity contribution in [1.29, 1.82) is 0 Å². The van der Waals surface area contributed by atoms with Gasteiger partial charge < -0.3 is 10.2 Å². The third kappa shape index (κ3) is 8.86. The average molecular weight is 625 g/mol. The minimum absolute atomic E-state index is 0.0158. The fraction of sp³-hybridized carbons (Fsp3) is 0.310. The van der Waals surface area contributed by atoms with Crippen LogP contribution < -0.4 is 9.62 Å². The zero-order valence-corrected chi connectivity index (χ0v) is 25.4. The molecule has 0 aliphatic heterocycles. The van der Waals surface area contributed by atoms with Gasteiger partial charge in [0, 0.05) is 29.6 Å². The van der Waals surface area contributed by atoms with Crippen molar-refractivity contribution in [3.05, 3.63) is 99.0 Å². The predicted molar refractivity (Wildman–Crippen MR) is 163 cm³/mol. The number of hydrogen-bond acceptors (Lipinski definition) is 4. The normalized spacial score (nSPS) is 12.0. The van der Waals surface area contributed by atoms with Crippen molar-refractivity contribution < 1.29 is 18.0 Å². The lowest BCUT2D eigenvalue weighted by Gasteiger charge is -2.34. The van der Waals surface area contributed by atoms with E-state index in [1.165, 1.54) is 23.1 Å². The fourth-order valence-corrected chi connectivity index (χ4v) is 5.63. The summed E-state index contributed by atoms with van der Waals surface area (Å²) in [5.41, 5.74) is 1.52. The zero-order valence-electron chi connectivity index (χ0n) is 22.3. The number of nitrogens with one attached hydrogen (secondary N) is 1. The van der Waals surface area contributed by atoms with Crippen LogP contribution in [0.2, 0.25) is 15.1 Å². The minimum atomic E-state index is -3.97. The summed E-state index contributed by atoms with van der Waals surface area (Å²) in [6.07, 6.45) is 2.85. The number of sulfonamides is 1. The highest BCUT2D eigenvalue weighted by Gasteiger charge is 2.33. The summed E-state index contributed by atoms with van der Waals surface area (Å²) in [5, 5.41) is 3.72. The van der Waals surface area contributed by atoms with Crippen LogP contribution in [0.15, 0.2) is 72.8 Å². The Morgan fingerprint density at radius 1 is 0.925 bits per heavy atom. The van der Waals surface area contributed by atoms with Crippen molar-refractivity contribution >= 4 is 62.3 Å². The Kier molecular flexibility index (Phi) is 11.7. The van der Waals surface area contributed by atoms with Gasteiger partial charge in [-0.2, -0.15) is 0 Å². The number of halogens is 3. The highest BCUT2D eigenvalue weighted by molar-refractivity contribution is 7.92. The molecule has 0 aliphatic carbocycles. The Hall–Kier alpha value is -2.78. The van der Waals surface area contributed by atoms with Crippen LogP contribution in [0.5, 0.6) is 0 Å². The molecule has 1 atom stereocenters. The molecular weight excluding hydrogens is 593 g/mol. The maximum absolute atomic E-state index is 14.1. The van der Waals surface area contributed by atoms with Gasteiger partial charge in [0.25, 0.3) is 0 Å². The second kappa shape index (κ2) is 14.7. The minimum Gasteiger partial charge on any atom is -0.354 e. The van der Waals surface area contributed by atoms with Gasteiger partial charge in [0.05, 0.1) is 17.0 Å². The summed E-state index contributed by atoms with van der Waals surface area (Å²) in [5.74, 6) is -0.947. The van der Waals surface area contributed by atoms with Crippen LogP contribution in [0.4, 0.5) is 5.69 Å². The molecular formula is C29H32Cl3N3O4S. The number of nitrogens with zero attached hydrogens (tertiary/aromatic N) is 2. The highest BCUT2D eigenvalue weighted by atomic mass is 35.5. The SMILES string of the molecule is CCCCNC(=O)C(Cc1ccccc1)N(Cc1ccccc1Cl)C(=O)CN(c1cc(Cl)ccc1Cl)S(C)(=O)=O. The molecule has 0 aromatic heterocycles. The van der Waals surface area contributed by atoms with E-state index in [-0.39, 0.29) is 34.6 Å². The number of anilines is 1. The van der Waals surface area contributed by atoms with Gasteiger partial charge in [0.15, 0.2) is 0 Å². The number of carbonyl (C=O) groups is 2. The number of rotatable bonds is 13. The molecule has 11 heteroatoms. The molecule has 0 bridgehead atoms. The van der Waals surface area contributed by atoms with E-state index in [9.17, 15) is 18.0 Å². The summed E-state index contributed by atoms with van der Waals surface area (Å²) in [6, 6.07) is 19.8. The van der Waals surface area contributed by atoms with Gasteiger partial charge in [-0.15, -0.1) is 0 Å². The molecule has 0 heterocycles. The van der Waals surface area contributed by atoms with Gasteiger partial charge in [-0.3, -0.25) is 13.9 Å². The predicted octanol–water partition coefficient (Wildman–Crippen LogP) is 5.97. The van der Waals surface area contributed by atoms with Crippen LogP contribution in [-0.4, -0.2) is 50.5 Å². The molecule has 0 aliphatic rings. The molecule has 3 aromatic carbocycles. The topological polar surface area (TPSA) is 86.8 Å². The van der Waals surface area contributed by atoms with Gasteiger partial charge in [0.1, 0.15) is 12.6 Å². The standard InChI is InChI=1S/C29H32Cl3N3O4S/c1-3-4-16-33-29(37)27(17-21-10-6-5-7-11-21)34(19-22-12-8-9-13-24(22)31)28(36)20-35(40(2,38)39)26-18-23(30)14-15-25(26)32/h5-15,18,27H,3-4,16-17,19-20H2,1-2H3,(H,33,37). The summed E-state index contributed by atoms with van der Waals surface area (Å²) in [7, 11) is -3.97. The van der Waals surface area contributed by atoms with Crippen LogP contribution >= 0.6 is 34.8 Å². The van der Waals surface area contributed by atoms with Crippen molar-refractivity contribution in [1.82, 2.24) is 10.2 Å². The van der Waals surface area contributed by atoms with Crippen LogP contribution in [0.25, 0.3) is 0 Å². The number of benzene rings is 3. The van der Waals surface area contributed by atoms with Gasteiger partial charge >= 0.3 is 0 Å². The highest BCUT2D eigenvalue weighted by Crippen LogP contribution is 2.31. The Morgan fingerprint density at radius 2 is 1.60 bits per heavy atom. The second-order valence-electron chi connectivity index (χ2n) is 9.33. The van der Waals surface area contributed by atoms with Gasteiger partial charge in [-0.25, -0.2) is 8.42 Å². The molecule has 0 spiro atoms. The van der Waals surface area contributed by atoms with Crippen molar-refractivity contribution in [2.45, 2.75) is 38.8 Å². The molecule has 3 rings (SSSR count). The van der Waals surface area contributed by atoms with Gasteiger partial charge in [-0.1, -0.05) is 96.7 Å². The fourth-order valence-electron chi connectivity index (χ4n) is 4.14. The first-order valence-electron chi connectivity index (χ1n) is 12.8. The van der Waals surface area contributed by atoms with Gasteiger partial charge in [0.2, 0.25) is 21.8 Å². The van der Waals surface area contributed by atoms with Crippen LogP contribution in [0.1, 0.15) is 30.9 Å². The summed E-state index contributed by atoms with van der Waals surface area (Å²) < 4.78 is 26.7. The van der Waals surface area contributed by atoms with Gasteiger partial charge in [-0.05, 0) is 41.8 Å². The van der Waals surface area contributed by atoms with E-state index in [1.54, 1.807) is 24.3 Å². The maximum atomic E-state index is 14.1. The Labute approximate surface area is 251 Å².